The summed E-state index contributed by atoms with van der Waals surface area (Å²) in [5, 5.41) is 11.7. The van der Waals surface area contributed by atoms with Gasteiger partial charge in [0.1, 0.15) is 12.4 Å². The topological polar surface area (TPSA) is 67.8 Å². The molecule has 0 aromatic heterocycles. The molecule has 0 saturated heterocycles. The van der Waals surface area contributed by atoms with Crippen LogP contribution in [0.4, 0.5) is 10.5 Å². The van der Waals surface area contributed by atoms with Gasteiger partial charge in [-0.15, -0.1) is 0 Å². The molecule has 0 aliphatic rings. The molecule has 1 amide bonds. The van der Waals surface area contributed by atoms with Gasteiger partial charge in [-0.2, -0.15) is 0 Å². The number of anilines is 1. The van der Waals surface area contributed by atoms with Crippen molar-refractivity contribution in [1.82, 2.24) is 0 Å². The molecule has 2 aromatic carbocycles. The minimum Gasteiger partial charge on any atom is -0.495 e. The van der Waals surface area contributed by atoms with E-state index in [4.69, 9.17) is 14.6 Å². The monoisotopic (exact) mass is 287 g/mol. The predicted octanol–water partition coefficient (Wildman–Crippen LogP) is 2.94. The number of carbonyl (C=O) groups is 1. The molecular weight excluding hydrogens is 270 g/mol. The molecule has 0 saturated carbocycles. The summed E-state index contributed by atoms with van der Waals surface area (Å²) in [5.74, 6) is 0.504. The van der Waals surface area contributed by atoms with Gasteiger partial charge >= 0.3 is 6.09 Å². The van der Waals surface area contributed by atoms with Crippen molar-refractivity contribution in [2.75, 3.05) is 12.4 Å². The summed E-state index contributed by atoms with van der Waals surface area (Å²) in [7, 11) is 1.51. The molecular formula is C16H17NO4. The van der Waals surface area contributed by atoms with Crippen LogP contribution in [0.3, 0.4) is 0 Å². The Hall–Kier alpha value is -2.53. The predicted molar refractivity (Wildman–Crippen MR) is 79.2 cm³/mol. The van der Waals surface area contributed by atoms with Crippen molar-refractivity contribution in [1.29, 1.82) is 0 Å². The van der Waals surface area contributed by atoms with Crippen LogP contribution >= 0.6 is 0 Å². The number of nitrogens with one attached hydrogen (secondary N) is 1. The molecule has 2 aromatic rings. The smallest absolute Gasteiger partial charge is 0.412 e. The lowest BCUT2D eigenvalue weighted by Crippen LogP contribution is -2.14. The Morgan fingerprint density at radius 1 is 1.14 bits per heavy atom. The van der Waals surface area contributed by atoms with E-state index in [-0.39, 0.29) is 13.2 Å². The highest BCUT2D eigenvalue weighted by atomic mass is 16.5. The van der Waals surface area contributed by atoms with Crippen molar-refractivity contribution in [3.05, 3.63) is 59.7 Å². The van der Waals surface area contributed by atoms with E-state index in [1.807, 2.05) is 30.3 Å². The number of methoxy groups -OCH3 is 1. The number of aliphatic hydroxyl groups excluding tert-OH is 1. The number of carbonyl (C=O) groups excluding carboxylic acids is 1. The van der Waals surface area contributed by atoms with E-state index in [9.17, 15) is 4.79 Å². The second-order valence-electron chi connectivity index (χ2n) is 4.38. The lowest BCUT2D eigenvalue weighted by molar-refractivity contribution is 0.155. The summed E-state index contributed by atoms with van der Waals surface area (Å²) in [5.41, 5.74) is 2.04. The van der Waals surface area contributed by atoms with Crippen LogP contribution in [0.25, 0.3) is 0 Å². The first-order valence-corrected chi connectivity index (χ1v) is 6.48. The number of ether oxygens (including phenoxy) is 2. The first-order valence-electron chi connectivity index (χ1n) is 6.48. The van der Waals surface area contributed by atoms with Crippen LogP contribution in [0.1, 0.15) is 11.1 Å². The highest BCUT2D eigenvalue weighted by Crippen LogP contribution is 2.25. The van der Waals surface area contributed by atoms with Crippen LogP contribution in [0.2, 0.25) is 0 Å². The molecule has 2 N–H and O–H groups in total. The molecule has 0 spiro atoms. The number of amides is 1. The molecule has 2 rings (SSSR count). The summed E-state index contributed by atoms with van der Waals surface area (Å²) < 4.78 is 10.3. The molecule has 0 unspecified atom stereocenters. The maximum Gasteiger partial charge on any atom is 0.412 e. The van der Waals surface area contributed by atoms with Crippen LogP contribution in [-0.2, 0) is 18.0 Å². The zero-order valence-electron chi connectivity index (χ0n) is 11.7. The molecule has 5 nitrogen and oxygen atoms in total. The zero-order valence-corrected chi connectivity index (χ0v) is 11.7. The molecule has 5 heteroatoms. The molecule has 0 heterocycles. The highest BCUT2D eigenvalue weighted by molar-refractivity contribution is 5.86. The second kappa shape index (κ2) is 7.31. The van der Waals surface area contributed by atoms with Gasteiger partial charge < -0.3 is 14.6 Å². The average molecular weight is 287 g/mol. The summed E-state index contributed by atoms with van der Waals surface area (Å²) in [4.78, 5) is 11.8. The lowest BCUT2D eigenvalue weighted by Gasteiger charge is -2.11. The van der Waals surface area contributed by atoms with Crippen LogP contribution < -0.4 is 10.1 Å². The minimum absolute atomic E-state index is 0.113. The third-order valence-electron chi connectivity index (χ3n) is 2.90. The van der Waals surface area contributed by atoms with Crippen LogP contribution in [0, 0.1) is 0 Å². The standard InChI is InChI=1S/C16H17NO4/c1-20-15-8-7-13(10-18)9-14(15)17-16(19)21-11-12-5-3-2-4-6-12/h2-9,18H,10-11H2,1H3,(H,17,19). The third-order valence-corrected chi connectivity index (χ3v) is 2.90. The molecule has 21 heavy (non-hydrogen) atoms. The van der Waals surface area contributed by atoms with Crippen LogP contribution in [-0.4, -0.2) is 18.3 Å². The second-order valence-corrected chi connectivity index (χ2v) is 4.38. The minimum atomic E-state index is -0.577. The van der Waals surface area contributed by atoms with Crippen molar-refractivity contribution in [2.45, 2.75) is 13.2 Å². The van der Waals surface area contributed by atoms with Gasteiger partial charge in [-0.1, -0.05) is 36.4 Å². The average Bonchev–Trinajstić information content (AvgIpc) is 2.54. The Balaban J connectivity index is 1.99. The van der Waals surface area contributed by atoms with Gasteiger partial charge in [0.15, 0.2) is 0 Å². The van der Waals surface area contributed by atoms with Crippen molar-refractivity contribution in [3.8, 4) is 5.75 Å². The van der Waals surface area contributed by atoms with Crippen molar-refractivity contribution in [3.63, 3.8) is 0 Å². The fourth-order valence-corrected chi connectivity index (χ4v) is 1.82. The molecule has 0 fully saturated rings. The number of benzene rings is 2. The largest absolute Gasteiger partial charge is 0.495 e. The van der Waals surface area contributed by atoms with Crippen LogP contribution in [0.15, 0.2) is 48.5 Å². The van der Waals surface area contributed by atoms with E-state index in [0.29, 0.717) is 17.0 Å². The fourth-order valence-electron chi connectivity index (χ4n) is 1.82. The summed E-state index contributed by atoms with van der Waals surface area (Å²) in [6.07, 6.45) is -0.577. The maximum atomic E-state index is 11.8. The van der Waals surface area contributed by atoms with Gasteiger partial charge in [0.25, 0.3) is 0 Å². The van der Waals surface area contributed by atoms with Gasteiger partial charge in [0.2, 0.25) is 0 Å². The van der Waals surface area contributed by atoms with Crippen LogP contribution in [0.5, 0.6) is 5.75 Å². The Bertz CT molecular complexity index is 598. The Morgan fingerprint density at radius 2 is 1.90 bits per heavy atom. The number of aliphatic hydroxyl groups is 1. The van der Waals surface area contributed by atoms with E-state index in [1.165, 1.54) is 7.11 Å². The first kappa shape index (κ1) is 14.9. The molecule has 0 aliphatic carbocycles. The molecule has 0 radical (unpaired) electrons. The highest BCUT2D eigenvalue weighted by Gasteiger charge is 2.09. The first-order chi connectivity index (χ1) is 10.2. The molecule has 0 atom stereocenters. The van der Waals surface area contributed by atoms with E-state index in [2.05, 4.69) is 5.32 Å². The van der Waals surface area contributed by atoms with E-state index >= 15 is 0 Å². The van der Waals surface area contributed by atoms with Gasteiger partial charge in [-0.05, 0) is 23.3 Å². The molecule has 0 bridgehead atoms. The summed E-state index contributed by atoms with van der Waals surface area (Å²) >= 11 is 0. The summed E-state index contributed by atoms with van der Waals surface area (Å²) in [6, 6.07) is 14.4. The molecule has 110 valence electrons. The van der Waals surface area contributed by atoms with Gasteiger partial charge in [-0.25, -0.2) is 4.79 Å². The zero-order chi connectivity index (χ0) is 15.1. The van der Waals surface area contributed by atoms with E-state index in [0.717, 1.165) is 5.56 Å². The molecule has 0 aliphatic heterocycles. The van der Waals surface area contributed by atoms with Gasteiger partial charge in [-0.3, -0.25) is 5.32 Å². The number of hydrogen-bond donors (Lipinski definition) is 2. The Morgan fingerprint density at radius 3 is 2.57 bits per heavy atom. The maximum absolute atomic E-state index is 11.8. The SMILES string of the molecule is COc1ccc(CO)cc1NC(=O)OCc1ccccc1. The Labute approximate surface area is 123 Å². The van der Waals surface area contributed by atoms with Crippen molar-refractivity contribution < 1.29 is 19.4 Å². The quantitative estimate of drug-likeness (QED) is 0.887. The number of hydrogen-bond acceptors (Lipinski definition) is 4. The van der Waals surface area contributed by atoms with Crippen molar-refractivity contribution in [2.24, 2.45) is 0 Å². The Kier molecular flexibility index (Phi) is 5.17. The van der Waals surface area contributed by atoms with Gasteiger partial charge in [0.05, 0.1) is 19.4 Å². The van der Waals surface area contributed by atoms with Crippen molar-refractivity contribution >= 4 is 11.8 Å². The van der Waals surface area contributed by atoms with E-state index < -0.39 is 6.09 Å². The lowest BCUT2D eigenvalue weighted by atomic mass is 10.2. The third kappa shape index (κ3) is 4.22. The summed E-state index contributed by atoms with van der Waals surface area (Å²) in [6.45, 7) is 0.0758. The fraction of sp³-hybridized carbons (Fsp3) is 0.188. The van der Waals surface area contributed by atoms with E-state index in [1.54, 1.807) is 18.2 Å². The van der Waals surface area contributed by atoms with Gasteiger partial charge in [0, 0.05) is 0 Å². The number of rotatable bonds is 5. The normalized spacial score (nSPS) is 10.0.